The summed E-state index contributed by atoms with van der Waals surface area (Å²) in [6.45, 7) is 3.30. The predicted molar refractivity (Wildman–Crippen MR) is 61.8 cm³/mol. The highest BCUT2D eigenvalue weighted by atomic mass is 16.3. The van der Waals surface area contributed by atoms with Gasteiger partial charge in [-0.25, -0.2) is 4.98 Å². The second-order valence-electron chi connectivity index (χ2n) is 4.07. The van der Waals surface area contributed by atoms with Crippen molar-refractivity contribution in [3.8, 4) is 0 Å². The fraction of sp³-hybridized carbons (Fsp3) is 0.636. The Kier molecular flexibility index (Phi) is 3.24. The van der Waals surface area contributed by atoms with Crippen LogP contribution in [0.25, 0.3) is 0 Å². The second-order valence-corrected chi connectivity index (χ2v) is 4.07. The van der Waals surface area contributed by atoms with Crippen molar-refractivity contribution in [1.82, 2.24) is 9.97 Å². The zero-order chi connectivity index (χ0) is 11.5. The molecule has 2 N–H and O–H groups in total. The van der Waals surface area contributed by atoms with Crippen molar-refractivity contribution in [2.24, 2.45) is 0 Å². The summed E-state index contributed by atoms with van der Waals surface area (Å²) in [6.07, 6.45) is 2.22. The normalized spacial score (nSPS) is 15.1. The molecule has 1 aromatic heterocycles. The maximum Gasteiger partial charge on any atom is 0.252 e. The quantitative estimate of drug-likeness (QED) is 0.761. The summed E-state index contributed by atoms with van der Waals surface area (Å²) in [5, 5.41) is 8.93. The van der Waals surface area contributed by atoms with E-state index in [1.165, 1.54) is 6.07 Å². The van der Waals surface area contributed by atoms with Gasteiger partial charge in [-0.3, -0.25) is 4.79 Å². The monoisotopic (exact) mass is 223 g/mol. The van der Waals surface area contributed by atoms with Gasteiger partial charge in [0.2, 0.25) is 0 Å². The molecule has 5 nitrogen and oxygen atoms in total. The summed E-state index contributed by atoms with van der Waals surface area (Å²) in [4.78, 5) is 20.6. The number of likely N-dealkylation sites (N-methyl/N-ethyl adjacent to an activating group) is 1. The van der Waals surface area contributed by atoms with Crippen LogP contribution in [-0.4, -0.2) is 34.8 Å². The van der Waals surface area contributed by atoms with Crippen molar-refractivity contribution in [3.63, 3.8) is 0 Å². The Morgan fingerprint density at radius 1 is 1.62 bits per heavy atom. The number of aliphatic hydroxyl groups excluding tert-OH is 1. The van der Waals surface area contributed by atoms with E-state index < -0.39 is 0 Å². The third kappa shape index (κ3) is 2.41. The van der Waals surface area contributed by atoms with Crippen LogP contribution >= 0.6 is 0 Å². The molecule has 2 rings (SSSR count). The average molecular weight is 223 g/mol. The van der Waals surface area contributed by atoms with Crippen LogP contribution in [0.1, 0.15) is 31.5 Å². The Bertz CT molecular complexity index is 412. The van der Waals surface area contributed by atoms with E-state index in [9.17, 15) is 4.79 Å². The summed E-state index contributed by atoms with van der Waals surface area (Å²) in [6, 6.07) is 1.49. The van der Waals surface area contributed by atoms with Crippen LogP contribution in [0.3, 0.4) is 0 Å². The van der Waals surface area contributed by atoms with E-state index in [1.807, 2.05) is 11.8 Å². The Hall–Kier alpha value is -1.36. The molecule has 16 heavy (non-hydrogen) atoms. The van der Waals surface area contributed by atoms with Gasteiger partial charge in [0, 0.05) is 25.1 Å². The van der Waals surface area contributed by atoms with Gasteiger partial charge in [0.1, 0.15) is 11.6 Å². The zero-order valence-electron chi connectivity index (χ0n) is 9.44. The number of rotatable bonds is 5. The largest absolute Gasteiger partial charge is 0.395 e. The van der Waals surface area contributed by atoms with E-state index in [1.54, 1.807) is 0 Å². The van der Waals surface area contributed by atoms with Crippen molar-refractivity contribution >= 4 is 5.82 Å². The molecule has 5 heteroatoms. The Morgan fingerprint density at radius 3 is 2.94 bits per heavy atom. The van der Waals surface area contributed by atoms with Crippen molar-refractivity contribution in [1.29, 1.82) is 0 Å². The molecule has 1 aromatic rings. The third-order valence-corrected chi connectivity index (χ3v) is 2.79. The third-order valence-electron chi connectivity index (χ3n) is 2.79. The molecule has 0 aliphatic heterocycles. The molecule has 0 unspecified atom stereocenters. The topological polar surface area (TPSA) is 69.2 Å². The lowest BCUT2D eigenvalue weighted by Gasteiger charge is -2.20. The summed E-state index contributed by atoms with van der Waals surface area (Å²) in [5.74, 6) is 1.89. The molecule has 0 aromatic carbocycles. The number of aliphatic hydroxyl groups is 1. The van der Waals surface area contributed by atoms with Crippen LogP contribution in [0.5, 0.6) is 0 Å². The first kappa shape index (κ1) is 11.1. The molecule has 1 saturated carbocycles. The van der Waals surface area contributed by atoms with Crippen LogP contribution in [-0.2, 0) is 0 Å². The first-order valence-electron chi connectivity index (χ1n) is 5.71. The fourth-order valence-electron chi connectivity index (χ4n) is 1.73. The van der Waals surface area contributed by atoms with E-state index in [0.29, 0.717) is 18.3 Å². The number of aromatic amines is 1. The molecule has 1 aliphatic rings. The van der Waals surface area contributed by atoms with Gasteiger partial charge in [0.05, 0.1) is 6.61 Å². The first-order chi connectivity index (χ1) is 7.74. The van der Waals surface area contributed by atoms with Crippen molar-refractivity contribution in [2.75, 3.05) is 24.6 Å². The molecular weight excluding hydrogens is 206 g/mol. The van der Waals surface area contributed by atoms with E-state index in [4.69, 9.17) is 5.11 Å². The second kappa shape index (κ2) is 4.65. The number of aromatic nitrogens is 2. The standard InChI is InChI=1S/C11H17N3O2/c1-2-14(5-6-15)9-7-10(16)13-11(12-9)8-3-4-8/h7-8,15H,2-6H2,1H3,(H,12,13,16). The molecule has 0 atom stereocenters. The van der Waals surface area contributed by atoms with Crippen LogP contribution in [0.15, 0.2) is 10.9 Å². The zero-order valence-corrected chi connectivity index (χ0v) is 9.44. The highest BCUT2D eigenvalue weighted by Gasteiger charge is 2.26. The van der Waals surface area contributed by atoms with Gasteiger partial charge in [-0.05, 0) is 19.8 Å². The van der Waals surface area contributed by atoms with Gasteiger partial charge in [0.15, 0.2) is 0 Å². The minimum Gasteiger partial charge on any atom is -0.395 e. The van der Waals surface area contributed by atoms with E-state index in [-0.39, 0.29) is 12.2 Å². The molecule has 1 heterocycles. The lowest BCUT2D eigenvalue weighted by Crippen LogP contribution is -2.29. The number of hydrogen-bond acceptors (Lipinski definition) is 4. The van der Waals surface area contributed by atoms with E-state index >= 15 is 0 Å². The molecule has 0 bridgehead atoms. The maximum atomic E-state index is 11.5. The minimum atomic E-state index is -0.108. The lowest BCUT2D eigenvalue weighted by atomic mass is 10.3. The molecule has 0 spiro atoms. The van der Waals surface area contributed by atoms with Crippen molar-refractivity contribution < 1.29 is 5.11 Å². The minimum absolute atomic E-state index is 0.0705. The fourth-order valence-corrected chi connectivity index (χ4v) is 1.73. The van der Waals surface area contributed by atoms with Gasteiger partial charge in [-0.2, -0.15) is 0 Å². The molecular formula is C11H17N3O2. The molecule has 0 radical (unpaired) electrons. The smallest absolute Gasteiger partial charge is 0.252 e. The molecule has 1 aliphatic carbocycles. The van der Waals surface area contributed by atoms with Gasteiger partial charge in [-0.15, -0.1) is 0 Å². The van der Waals surface area contributed by atoms with Crippen LogP contribution in [0.4, 0.5) is 5.82 Å². The SMILES string of the molecule is CCN(CCO)c1cc(=O)[nH]c(C2CC2)n1. The molecule has 1 fully saturated rings. The molecule has 88 valence electrons. The van der Waals surface area contributed by atoms with Gasteiger partial charge in [-0.1, -0.05) is 0 Å². The number of hydrogen-bond donors (Lipinski definition) is 2. The first-order valence-corrected chi connectivity index (χ1v) is 5.71. The summed E-state index contributed by atoms with van der Waals surface area (Å²) < 4.78 is 0. The summed E-state index contributed by atoms with van der Waals surface area (Å²) in [5.41, 5.74) is -0.108. The Labute approximate surface area is 94.1 Å². The molecule has 0 amide bonds. The predicted octanol–water partition coefficient (Wildman–Crippen LogP) is 0.466. The Morgan fingerprint density at radius 2 is 2.38 bits per heavy atom. The van der Waals surface area contributed by atoms with Crippen molar-refractivity contribution in [3.05, 3.63) is 22.2 Å². The van der Waals surface area contributed by atoms with Crippen LogP contribution in [0, 0.1) is 0 Å². The number of anilines is 1. The van der Waals surface area contributed by atoms with Crippen LogP contribution < -0.4 is 10.5 Å². The van der Waals surface area contributed by atoms with Gasteiger partial charge >= 0.3 is 0 Å². The maximum absolute atomic E-state index is 11.5. The molecule has 0 saturated heterocycles. The highest BCUT2D eigenvalue weighted by molar-refractivity contribution is 5.37. The van der Waals surface area contributed by atoms with Crippen LogP contribution in [0.2, 0.25) is 0 Å². The summed E-state index contributed by atoms with van der Waals surface area (Å²) in [7, 11) is 0. The van der Waals surface area contributed by atoms with E-state index in [2.05, 4.69) is 9.97 Å². The number of nitrogens with one attached hydrogen (secondary N) is 1. The van der Waals surface area contributed by atoms with Gasteiger partial charge in [0.25, 0.3) is 5.56 Å². The summed E-state index contributed by atoms with van der Waals surface area (Å²) >= 11 is 0. The Balaban J connectivity index is 2.27. The number of nitrogens with zero attached hydrogens (tertiary/aromatic N) is 2. The highest BCUT2D eigenvalue weighted by Crippen LogP contribution is 2.37. The number of H-pyrrole nitrogens is 1. The lowest BCUT2D eigenvalue weighted by molar-refractivity contribution is 0.302. The van der Waals surface area contributed by atoms with Gasteiger partial charge < -0.3 is 15.0 Å². The van der Waals surface area contributed by atoms with E-state index in [0.717, 1.165) is 25.2 Å². The average Bonchev–Trinajstić information content (AvgIpc) is 3.08. The van der Waals surface area contributed by atoms with Crippen molar-refractivity contribution in [2.45, 2.75) is 25.7 Å².